The lowest BCUT2D eigenvalue weighted by atomic mass is 10.2. The van der Waals surface area contributed by atoms with Gasteiger partial charge in [0, 0.05) is 31.5 Å². The van der Waals surface area contributed by atoms with E-state index in [2.05, 4.69) is 15.4 Å². The minimum Gasteiger partial charge on any atom is -0.480 e. The molecule has 0 bridgehead atoms. The minimum absolute atomic E-state index is 0.269. The van der Waals surface area contributed by atoms with Gasteiger partial charge < -0.3 is 15.8 Å². The molecule has 3 N–H and O–H groups in total. The van der Waals surface area contributed by atoms with Gasteiger partial charge in [0.1, 0.15) is 5.56 Å². The van der Waals surface area contributed by atoms with E-state index in [1.54, 1.807) is 36.3 Å². The molecule has 0 aromatic carbocycles. The van der Waals surface area contributed by atoms with Crippen molar-refractivity contribution < 1.29 is 9.53 Å². The molecule has 0 atom stereocenters. The van der Waals surface area contributed by atoms with Crippen LogP contribution in [-0.2, 0) is 13.6 Å². The Morgan fingerprint density at radius 2 is 2.37 bits per heavy atom. The summed E-state index contributed by atoms with van der Waals surface area (Å²) >= 11 is 0. The molecule has 0 fully saturated rings. The van der Waals surface area contributed by atoms with Gasteiger partial charge in [-0.1, -0.05) is 0 Å². The molecule has 0 saturated carbocycles. The number of nitrogens with two attached hydrogens (primary N) is 1. The Balaban J connectivity index is 2.25. The summed E-state index contributed by atoms with van der Waals surface area (Å²) in [7, 11) is 3.23. The zero-order valence-electron chi connectivity index (χ0n) is 10.8. The molecule has 0 aliphatic heterocycles. The maximum Gasteiger partial charge on any atom is 0.262 e. The van der Waals surface area contributed by atoms with E-state index in [1.165, 1.54) is 7.11 Å². The predicted octanol–water partition coefficient (Wildman–Crippen LogP) is 0.535. The number of amides is 1. The smallest absolute Gasteiger partial charge is 0.262 e. The number of rotatable bonds is 4. The van der Waals surface area contributed by atoms with Crippen LogP contribution in [-0.4, -0.2) is 27.8 Å². The highest BCUT2D eigenvalue weighted by atomic mass is 16.5. The van der Waals surface area contributed by atoms with Gasteiger partial charge >= 0.3 is 0 Å². The molecule has 7 heteroatoms. The van der Waals surface area contributed by atoms with E-state index in [0.29, 0.717) is 17.9 Å². The number of carbonyl (C=O) groups is 1. The lowest BCUT2D eigenvalue weighted by Crippen LogP contribution is -2.15. The SMILES string of the molecule is COc1ncccc1C(=O)Nc1nn(C)cc1CN. The highest BCUT2D eigenvalue weighted by Crippen LogP contribution is 2.17. The summed E-state index contributed by atoms with van der Waals surface area (Å²) in [5.74, 6) is 0.379. The first kappa shape index (κ1) is 13.0. The number of nitrogens with one attached hydrogen (secondary N) is 1. The summed E-state index contributed by atoms with van der Waals surface area (Å²) in [5.41, 5.74) is 6.70. The highest BCUT2D eigenvalue weighted by Gasteiger charge is 2.16. The number of aromatic nitrogens is 3. The monoisotopic (exact) mass is 261 g/mol. The molecular formula is C12H15N5O2. The van der Waals surface area contributed by atoms with Crippen LogP contribution in [0.2, 0.25) is 0 Å². The van der Waals surface area contributed by atoms with Crippen molar-refractivity contribution in [1.29, 1.82) is 0 Å². The van der Waals surface area contributed by atoms with Crippen LogP contribution in [0.15, 0.2) is 24.5 Å². The normalized spacial score (nSPS) is 10.3. The van der Waals surface area contributed by atoms with Gasteiger partial charge in [-0.25, -0.2) is 4.98 Å². The second kappa shape index (κ2) is 5.49. The van der Waals surface area contributed by atoms with Crippen LogP contribution in [0.1, 0.15) is 15.9 Å². The van der Waals surface area contributed by atoms with Crippen LogP contribution in [0.25, 0.3) is 0 Å². The maximum absolute atomic E-state index is 12.2. The van der Waals surface area contributed by atoms with E-state index in [-0.39, 0.29) is 11.8 Å². The summed E-state index contributed by atoms with van der Waals surface area (Å²) < 4.78 is 6.64. The number of carbonyl (C=O) groups excluding carboxylic acids is 1. The third-order valence-corrected chi connectivity index (χ3v) is 2.57. The van der Waals surface area contributed by atoms with Gasteiger partial charge in [-0.3, -0.25) is 9.48 Å². The number of aryl methyl sites for hydroxylation is 1. The molecule has 0 aliphatic carbocycles. The summed E-state index contributed by atoms with van der Waals surface area (Å²) in [4.78, 5) is 16.1. The molecule has 0 saturated heterocycles. The molecule has 2 rings (SSSR count). The summed E-state index contributed by atoms with van der Waals surface area (Å²) in [5, 5.41) is 6.85. The lowest BCUT2D eigenvalue weighted by molar-refractivity contribution is 0.102. The van der Waals surface area contributed by atoms with Gasteiger partial charge in [-0.15, -0.1) is 0 Å². The zero-order chi connectivity index (χ0) is 13.8. The van der Waals surface area contributed by atoms with Crippen molar-refractivity contribution in [2.24, 2.45) is 12.8 Å². The number of anilines is 1. The number of pyridine rings is 1. The van der Waals surface area contributed by atoms with Crippen molar-refractivity contribution in [2.75, 3.05) is 12.4 Å². The quantitative estimate of drug-likeness (QED) is 0.837. The molecular weight excluding hydrogens is 246 g/mol. The lowest BCUT2D eigenvalue weighted by Gasteiger charge is -2.07. The van der Waals surface area contributed by atoms with E-state index >= 15 is 0 Å². The first-order valence-corrected chi connectivity index (χ1v) is 5.68. The molecule has 0 radical (unpaired) electrons. The maximum atomic E-state index is 12.2. The first-order chi connectivity index (χ1) is 9.15. The standard InChI is InChI=1S/C12H15N5O2/c1-17-7-8(6-13)10(16-17)15-11(18)9-4-3-5-14-12(9)19-2/h3-5,7H,6,13H2,1-2H3,(H,15,16,18). The first-order valence-electron chi connectivity index (χ1n) is 5.68. The van der Waals surface area contributed by atoms with Crippen LogP contribution >= 0.6 is 0 Å². The second-order valence-corrected chi connectivity index (χ2v) is 3.90. The Bertz CT molecular complexity index is 594. The Hall–Kier alpha value is -2.41. The van der Waals surface area contributed by atoms with Gasteiger partial charge in [0.05, 0.1) is 7.11 Å². The number of hydrogen-bond acceptors (Lipinski definition) is 5. The van der Waals surface area contributed by atoms with Gasteiger partial charge in [-0.2, -0.15) is 5.10 Å². The molecule has 2 aromatic rings. The van der Waals surface area contributed by atoms with Gasteiger partial charge in [0.2, 0.25) is 5.88 Å². The summed E-state index contributed by atoms with van der Waals surface area (Å²) in [6, 6.07) is 3.30. The van der Waals surface area contributed by atoms with Crippen LogP contribution in [0.3, 0.4) is 0 Å². The molecule has 0 spiro atoms. The number of nitrogens with zero attached hydrogens (tertiary/aromatic N) is 3. The topological polar surface area (TPSA) is 95.1 Å². The van der Waals surface area contributed by atoms with E-state index in [9.17, 15) is 4.79 Å². The fraction of sp³-hybridized carbons (Fsp3) is 0.250. The predicted molar refractivity (Wildman–Crippen MR) is 69.8 cm³/mol. The van der Waals surface area contributed by atoms with Crippen molar-refractivity contribution in [3.05, 3.63) is 35.7 Å². The number of methoxy groups -OCH3 is 1. The van der Waals surface area contributed by atoms with Crippen molar-refractivity contribution in [3.8, 4) is 5.88 Å². The van der Waals surface area contributed by atoms with Crippen LogP contribution < -0.4 is 15.8 Å². The van der Waals surface area contributed by atoms with E-state index in [0.717, 1.165) is 5.56 Å². The summed E-state index contributed by atoms with van der Waals surface area (Å²) in [6.07, 6.45) is 3.32. The molecule has 19 heavy (non-hydrogen) atoms. The second-order valence-electron chi connectivity index (χ2n) is 3.90. The zero-order valence-corrected chi connectivity index (χ0v) is 10.8. The molecule has 1 amide bonds. The van der Waals surface area contributed by atoms with Crippen LogP contribution in [0.4, 0.5) is 5.82 Å². The average Bonchev–Trinajstić information content (AvgIpc) is 2.78. The Kier molecular flexibility index (Phi) is 3.76. The van der Waals surface area contributed by atoms with Crippen molar-refractivity contribution in [1.82, 2.24) is 14.8 Å². The molecule has 2 aromatic heterocycles. The third kappa shape index (κ3) is 2.71. The number of ether oxygens (including phenoxy) is 1. The largest absolute Gasteiger partial charge is 0.480 e. The van der Waals surface area contributed by atoms with E-state index < -0.39 is 0 Å². The van der Waals surface area contributed by atoms with Gasteiger partial charge in [0.15, 0.2) is 5.82 Å². The van der Waals surface area contributed by atoms with E-state index in [4.69, 9.17) is 10.5 Å². The van der Waals surface area contributed by atoms with Crippen molar-refractivity contribution >= 4 is 11.7 Å². The molecule has 7 nitrogen and oxygen atoms in total. The van der Waals surface area contributed by atoms with Crippen LogP contribution in [0.5, 0.6) is 5.88 Å². The average molecular weight is 261 g/mol. The van der Waals surface area contributed by atoms with Crippen molar-refractivity contribution in [2.45, 2.75) is 6.54 Å². The van der Waals surface area contributed by atoms with Crippen LogP contribution in [0, 0.1) is 0 Å². The Labute approximate surface area is 110 Å². The van der Waals surface area contributed by atoms with E-state index in [1.807, 2.05) is 0 Å². The minimum atomic E-state index is -0.335. The summed E-state index contributed by atoms with van der Waals surface area (Å²) in [6.45, 7) is 0.299. The number of hydrogen-bond donors (Lipinski definition) is 2. The molecule has 0 unspecified atom stereocenters. The van der Waals surface area contributed by atoms with Crippen molar-refractivity contribution in [3.63, 3.8) is 0 Å². The molecule has 100 valence electrons. The third-order valence-electron chi connectivity index (χ3n) is 2.57. The molecule has 0 aliphatic rings. The fourth-order valence-corrected chi connectivity index (χ4v) is 1.69. The molecule has 2 heterocycles. The highest BCUT2D eigenvalue weighted by molar-refractivity contribution is 6.05. The Morgan fingerprint density at radius 3 is 3.05 bits per heavy atom. The van der Waals surface area contributed by atoms with Gasteiger partial charge in [0.25, 0.3) is 5.91 Å². The Morgan fingerprint density at radius 1 is 1.58 bits per heavy atom. The fourth-order valence-electron chi connectivity index (χ4n) is 1.69. The van der Waals surface area contributed by atoms with Gasteiger partial charge in [-0.05, 0) is 12.1 Å².